The van der Waals surface area contributed by atoms with Crippen molar-refractivity contribution in [1.82, 2.24) is 0 Å². The average molecular weight is 220 g/mol. The molecular formula is C13H20N2O. The Morgan fingerprint density at radius 1 is 1.31 bits per heavy atom. The lowest BCUT2D eigenvalue weighted by Crippen LogP contribution is -2.15. The van der Waals surface area contributed by atoms with Gasteiger partial charge in [-0.15, -0.1) is 0 Å². The molecule has 0 aliphatic rings. The summed E-state index contributed by atoms with van der Waals surface area (Å²) in [5.74, 6) is -0.271. The van der Waals surface area contributed by atoms with E-state index in [4.69, 9.17) is 5.73 Å². The van der Waals surface area contributed by atoms with E-state index in [0.717, 1.165) is 12.1 Å². The molecule has 1 amide bonds. The summed E-state index contributed by atoms with van der Waals surface area (Å²) in [5.41, 5.74) is 7.46. The van der Waals surface area contributed by atoms with Gasteiger partial charge in [0.15, 0.2) is 0 Å². The minimum absolute atomic E-state index is 0.271. The summed E-state index contributed by atoms with van der Waals surface area (Å²) >= 11 is 0. The van der Waals surface area contributed by atoms with E-state index in [-0.39, 0.29) is 5.91 Å². The van der Waals surface area contributed by atoms with Crippen LogP contribution in [0.4, 0.5) is 5.69 Å². The summed E-state index contributed by atoms with van der Waals surface area (Å²) in [6.45, 7) is 2.80. The number of primary amides is 1. The second-order valence-corrected chi connectivity index (χ2v) is 3.94. The molecule has 0 aliphatic carbocycles. The van der Waals surface area contributed by atoms with E-state index in [0.29, 0.717) is 13.0 Å². The van der Waals surface area contributed by atoms with E-state index >= 15 is 0 Å². The lowest BCUT2D eigenvalue weighted by atomic mass is 10.1. The molecule has 1 rings (SSSR count). The zero-order chi connectivity index (χ0) is 11.8. The molecule has 0 unspecified atom stereocenters. The largest absolute Gasteiger partial charge is 0.385 e. The molecule has 0 saturated carbocycles. The molecule has 3 nitrogen and oxygen atoms in total. The first-order chi connectivity index (χ1) is 7.72. The molecule has 3 heteroatoms. The number of hydrogen-bond acceptors (Lipinski definition) is 2. The maximum absolute atomic E-state index is 10.5. The predicted molar refractivity (Wildman–Crippen MR) is 67.4 cm³/mol. The smallest absolute Gasteiger partial charge is 0.219 e. The summed E-state index contributed by atoms with van der Waals surface area (Å²) in [6, 6.07) is 8.35. The van der Waals surface area contributed by atoms with Gasteiger partial charge in [-0.1, -0.05) is 25.5 Å². The number of anilines is 1. The maximum atomic E-state index is 10.5. The maximum Gasteiger partial charge on any atom is 0.219 e. The number of hydrogen-bond donors (Lipinski definition) is 2. The van der Waals surface area contributed by atoms with Crippen LogP contribution in [0, 0.1) is 0 Å². The number of aryl methyl sites for hydroxylation is 1. The number of carbonyl (C=O) groups is 1. The molecule has 0 aromatic heterocycles. The molecular weight excluding hydrogens is 200 g/mol. The Bertz CT molecular complexity index is 319. The van der Waals surface area contributed by atoms with E-state index in [1.165, 1.54) is 18.4 Å². The molecule has 0 spiro atoms. The van der Waals surface area contributed by atoms with Crippen molar-refractivity contribution in [1.29, 1.82) is 0 Å². The Balaban J connectivity index is 2.36. The zero-order valence-electron chi connectivity index (χ0n) is 9.83. The lowest BCUT2D eigenvalue weighted by molar-refractivity contribution is -0.117. The van der Waals surface area contributed by atoms with E-state index < -0.39 is 0 Å². The van der Waals surface area contributed by atoms with Crippen molar-refractivity contribution in [2.24, 2.45) is 5.73 Å². The van der Waals surface area contributed by atoms with Crippen LogP contribution >= 0.6 is 0 Å². The van der Waals surface area contributed by atoms with Crippen LogP contribution in [-0.2, 0) is 11.2 Å². The van der Waals surface area contributed by atoms with Gasteiger partial charge in [0.25, 0.3) is 0 Å². The Morgan fingerprint density at radius 3 is 2.56 bits per heavy atom. The van der Waals surface area contributed by atoms with Gasteiger partial charge in [-0.25, -0.2) is 0 Å². The van der Waals surface area contributed by atoms with Crippen molar-refractivity contribution in [2.45, 2.75) is 32.6 Å². The summed E-state index contributed by atoms with van der Waals surface area (Å²) < 4.78 is 0. The lowest BCUT2D eigenvalue weighted by Gasteiger charge is -2.06. The van der Waals surface area contributed by atoms with Crippen molar-refractivity contribution < 1.29 is 4.79 Å². The van der Waals surface area contributed by atoms with Gasteiger partial charge in [-0.2, -0.15) is 0 Å². The molecule has 0 heterocycles. The van der Waals surface area contributed by atoms with Crippen LogP contribution in [-0.4, -0.2) is 12.5 Å². The number of carbonyl (C=O) groups excluding carboxylic acids is 1. The second kappa shape index (κ2) is 6.88. The molecule has 88 valence electrons. The van der Waals surface area contributed by atoms with Gasteiger partial charge in [0.05, 0.1) is 0 Å². The third-order valence-corrected chi connectivity index (χ3v) is 2.47. The average Bonchev–Trinajstić information content (AvgIpc) is 2.27. The Kier molecular flexibility index (Phi) is 5.40. The fourth-order valence-corrected chi connectivity index (χ4v) is 1.50. The van der Waals surface area contributed by atoms with Crippen molar-refractivity contribution in [3.8, 4) is 0 Å². The Labute approximate surface area is 97.0 Å². The molecule has 0 fully saturated rings. The van der Waals surface area contributed by atoms with Gasteiger partial charge < -0.3 is 11.1 Å². The molecule has 0 aliphatic heterocycles. The van der Waals surface area contributed by atoms with Crippen molar-refractivity contribution in [3.63, 3.8) is 0 Å². The van der Waals surface area contributed by atoms with Crippen LogP contribution in [0.5, 0.6) is 0 Å². The normalized spacial score (nSPS) is 10.1. The summed E-state index contributed by atoms with van der Waals surface area (Å²) in [6.07, 6.45) is 3.96. The topological polar surface area (TPSA) is 55.1 Å². The number of amides is 1. The summed E-state index contributed by atoms with van der Waals surface area (Å²) in [7, 11) is 0. The van der Waals surface area contributed by atoms with Crippen LogP contribution in [0.25, 0.3) is 0 Å². The van der Waals surface area contributed by atoms with Gasteiger partial charge in [0, 0.05) is 18.7 Å². The number of nitrogens with one attached hydrogen (secondary N) is 1. The minimum atomic E-state index is -0.271. The van der Waals surface area contributed by atoms with Crippen LogP contribution in [0.3, 0.4) is 0 Å². The van der Waals surface area contributed by atoms with Crippen LogP contribution < -0.4 is 11.1 Å². The van der Waals surface area contributed by atoms with E-state index in [9.17, 15) is 4.79 Å². The highest BCUT2D eigenvalue weighted by atomic mass is 16.1. The first kappa shape index (κ1) is 12.6. The molecule has 0 bridgehead atoms. The van der Waals surface area contributed by atoms with E-state index in [1.54, 1.807) is 0 Å². The van der Waals surface area contributed by atoms with E-state index in [1.807, 2.05) is 12.1 Å². The van der Waals surface area contributed by atoms with Gasteiger partial charge in [-0.3, -0.25) is 4.79 Å². The van der Waals surface area contributed by atoms with Crippen molar-refractivity contribution in [3.05, 3.63) is 29.8 Å². The number of nitrogens with two attached hydrogens (primary N) is 1. The second-order valence-electron chi connectivity index (χ2n) is 3.94. The van der Waals surface area contributed by atoms with Crippen LogP contribution in [0.2, 0.25) is 0 Å². The molecule has 1 aromatic carbocycles. The SMILES string of the molecule is CCCCc1ccc(NCCC(N)=O)cc1. The minimum Gasteiger partial charge on any atom is -0.385 e. The number of rotatable bonds is 7. The van der Waals surface area contributed by atoms with Gasteiger partial charge in [0.2, 0.25) is 5.91 Å². The van der Waals surface area contributed by atoms with Gasteiger partial charge in [-0.05, 0) is 30.5 Å². The first-order valence-corrected chi connectivity index (χ1v) is 5.83. The fraction of sp³-hybridized carbons (Fsp3) is 0.462. The van der Waals surface area contributed by atoms with Crippen LogP contribution in [0.15, 0.2) is 24.3 Å². The molecule has 0 radical (unpaired) electrons. The number of unbranched alkanes of at least 4 members (excludes halogenated alkanes) is 1. The highest BCUT2D eigenvalue weighted by molar-refractivity contribution is 5.74. The Hall–Kier alpha value is -1.51. The zero-order valence-corrected chi connectivity index (χ0v) is 9.83. The standard InChI is InChI=1S/C13H20N2O/c1-2-3-4-11-5-7-12(8-6-11)15-10-9-13(14)16/h5-8,15H,2-4,9-10H2,1H3,(H2,14,16). The van der Waals surface area contributed by atoms with Crippen molar-refractivity contribution in [2.75, 3.05) is 11.9 Å². The van der Waals surface area contributed by atoms with Gasteiger partial charge >= 0.3 is 0 Å². The third kappa shape index (κ3) is 4.82. The quantitative estimate of drug-likeness (QED) is 0.741. The van der Waals surface area contributed by atoms with E-state index in [2.05, 4.69) is 24.4 Å². The Morgan fingerprint density at radius 2 is 2.00 bits per heavy atom. The molecule has 16 heavy (non-hydrogen) atoms. The van der Waals surface area contributed by atoms with Crippen molar-refractivity contribution >= 4 is 11.6 Å². The monoisotopic (exact) mass is 220 g/mol. The molecule has 0 atom stereocenters. The molecule has 1 aromatic rings. The summed E-state index contributed by atoms with van der Waals surface area (Å²) in [5, 5.41) is 3.16. The summed E-state index contributed by atoms with van der Waals surface area (Å²) in [4.78, 5) is 10.5. The van der Waals surface area contributed by atoms with Gasteiger partial charge in [0.1, 0.15) is 0 Å². The van der Waals surface area contributed by atoms with Crippen LogP contribution in [0.1, 0.15) is 31.7 Å². The first-order valence-electron chi connectivity index (χ1n) is 5.83. The fourth-order valence-electron chi connectivity index (χ4n) is 1.50. The highest BCUT2D eigenvalue weighted by Gasteiger charge is 1.96. The third-order valence-electron chi connectivity index (χ3n) is 2.47. The molecule has 3 N–H and O–H groups in total. The predicted octanol–water partition coefficient (Wildman–Crippen LogP) is 2.32. The number of benzene rings is 1. The molecule has 0 saturated heterocycles. The highest BCUT2D eigenvalue weighted by Crippen LogP contribution is 2.11.